The molecule has 1 atom stereocenters. The maximum Gasteiger partial charge on any atom is 0.303 e. The van der Waals surface area contributed by atoms with Crippen molar-refractivity contribution in [2.24, 2.45) is 0 Å². The van der Waals surface area contributed by atoms with Crippen molar-refractivity contribution in [1.29, 1.82) is 0 Å². The average Bonchev–Trinajstić information content (AvgIpc) is 2.39. The fourth-order valence-electron chi connectivity index (χ4n) is 1.81. The molecule has 3 N–H and O–H groups in total. The van der Waals surface area contributed by atoms with Crippen LogP contribution in [0.4, 0.5) is 0 Å². The molecule has 0 amide bonds. The maximum absolute atomic E-state index is 10.3. The Labute approximate surface area is 115 Å². The maximum atomic E-state index is 10.3. The van der Waals surface area contributed by atoms with E-state index in [-0.39, 0.29) is 19.6 Å². The van der Waals surface area contributed by atoms with E-state index in [0.717, 1.165) is 32.1 Å². The summed E-state index contributed by atoms with van der Waals surface area (Å²) in [5.74, 6) is -0.702. The van der Waals surface area contributed by atoms with Gasteiger partial charge in [-0.3, -0.25) is 4.79 Å². The first-order valence-corrected chi connectivity index (χ1v) is 7.25. The lowest BCUT2D eigenvalue weighted by Crippen LogP contribution is -2.19. The molecule has 0 radical (unpaired) electrons. The number of aliphatic hydroxyl groups is 2. The van der Waals surface area contributed by atoms with Crippen molar-refractivity contribution in [2.75, 3.05) is 19.8 Å². The highest BCUT2D eigenvalue weighted by atomic mass is 16.5. The molecule has 0 aromatic heterocycles. The van der Waals surface area contributed by atoms with Crippen LogP contribution in [-0.4, -0.2) is 47.2 Å². The second-order valence-corrected chi connectivity index (χ2v) is 4.88. The Morgan fingerprint density at radius 3 is 2.00 bits per heavy atom. The third kappa shape index (κ3) is 15.3. The van der Waals surface area contributed by atoms with Gasteiger partial charge in [0.15, 0.2) is 0 Å². The monoisotopic (exact) mass is 276 g/mol. The predicted octanol–water partition coefficient (Wildman–Crippen LogP) is 1.95. The van der Waals surface area contributed by atoms with Crippen LogP contribution in [0.1, 0.15) is 57.8 Å². The van der Waals surface area contributed by atoms with Crippen molar-refractivity contribution in [3.05, 3.63) is 0 Å². The standard InChI is InChI=1S/C14H28O5/c15-11-13(16)12-19-10-8-6-4-2-1-3-5-7-9-14(17)18/h13,15-16H,1-12H2,(H,17,18)/t13-/m0/s1. The van der Waals surface area contributed by atoms with Crippen LogP contribution in [0.15, 0.2) is 0 Å². The van der Waals surface area contributed by atoms with Gasteiger partial charge in [0, 0.05) is 13.0 Å². The van der Waals surface area contributed by atoms with Crippen LogP contribution in [0.5, 0.6) is 0 Å². The summed E-state index contributed by atoms with van der Waals surface area (Å²) in [5, 5.41) is 26.1. The van der Waals surface area contributed by atoms with Gasteiger partial charge >= 0.3 is 5.97 Å². The number of carboxylic acid groups (broad SMARTS) is 1. The van der Waals surface area contributed by atoms with Crippen LogP contribution in [-0.2, 0) is 9.53 Å². The molecule has 0 aliphatic rings. The van der Waals surface area contributed by atoms with Crippen LogP contribution in [0, 0.1) is 0 Å². The first-order valence-electron chi connectivity index (χ1n) is 7.25. The zero-order valence-electron chi connectivity index (χ0n) is 11.7. The van der Waals surface area contributed by atoms with E-state index in [0.29, 0.717) is 6.61 Å². The number of aliphatic hydroxyl groups excluding tert-OH is 2. The van der Waals surface area contributed by atoms with Gasteiger partial charge in [0.1, 0.15) is 6.10 Å². The number of hydrogen-bond acceptors (Lipinski definition) is 4. The third-order valence-electron chi connectivity index (χ3n) is 2.95. The molecule has 0 unspecified atom stereocenters. The fourth-order valence-corrected chi connectivity index (χ4v) is 1.81. The quantitative estimate of drug-likeness (QED) is 0.422. The average molecular weight is 276 g/mol. The molecule has 0 aromatic carbocycles. The molecule has 0 aromatic rings. The van der Waals surface area contributed by atoms with Gasteiger partial charge in [0.25, 0.3) is 0 Å². The second-order valence-electron chi connectivity index (χ2n) is 4.88. The van der Waals surface area contributed by atoms with Crippen molar-refractivity contribution in [2.45, 2.75) is 63.9 Å². The van der Waals surface area contributed by atoms with Crippen LogP contribution in [0.2, 0.25) is 0 Å². The van der Waals surface area contributed by atoms with Gasteiger partial charge in [-0.05, 0) is 12.8 Å². The van der Waals surface area contributed by atoms with Gasteiger partial charge in [-0.25, -0.2) is 0 Å². The molecule has 5 heteroatoms. The normalized spacial score (nSPS) is 12.5. The number of aliphatic carboxylic acids is 1. The van der Waals surface area contributed by atoms with E-state index in [9.17, 15) is 4.79 Å². The Bertz CT molecular complexity index is 208. The van der Waals surface area contributed by atoms with E-state index >= 15 is 0 Å². The Morgan fingerprint density at radius 1 is 0.947 bits per heavy atom. The van der Waals surface area contributed by atoms with Crippen molar-refractivity contribution >= 4 is 5.97 Å². The molecule has 0 aliphatic carbocycles. The van der Waals surface area contributed by atoms with Crippen molar-refractivity contribution < 1.29 is 24.9 Å². The van der Waals surface area contributed by atoms with E-state index in [1.807, 2.05) is 0 Å². The molecule has 0 bridgehead atoms. The summed E-state index contributed by atoms with van der Waals surface area (Å²) in [7, 11) is 0. The zero-order valence-corrected chi connectivity index (χ0v) is 11.7. The second kappa shape index (κ2) is 13.8. The number of carbonyl (C=O) groups is 1. The lowest BCUT2D eigenvalue weighted by Gasteiger charge is -2.07. The van der Waals surface area contributed by atoms with Gasteiger partial charge < -0.3 is 20.1 Å². The lowest BCUT2D eigenvalue weighted by atomic mass is 10.1. The molecular weight excluding hydrogens is 248 g/mol. The highest BCUT2D eigenvalue weighted by Crippen LogP contribution is 2.09. The van der Waals surface area contributed by atoms with Gasteiger partial charge in [-0.15, -0.1) is 0 Å². The van der Waals surface area contributed by atoms with E-state index in [2.05, 4.69) is 0 Å². The third-order valence-corrected chi connectivity index (χ3v) is 2.95. The van der Waals surface area contributed by atoms with Gasteiger partial charge in [0.05, 0.1) is 13.2 Å². The Balaban J connectivity index is 3.01. The Kier molecular flexibility index (Phi) is 13.3. The summed E-state index contributed by atoms with van der Waals surface area (Å²) in [6.07, 6.45) is 8.07. The van der Waals surface area contributed by atoms with Gasteiger partial charge in [-0.2, -0.15) is 0 Å². The first-order chi connectivity index (χ1) is 9.16. The molecule has 0 saturated carbocycles. The van der Waals surface area contributed by atoms with Crippen LogP contribution >= 0.6 is 0 Å². The van der Waals surface area contributed by atoms with Crippen molar-refractivity contribution in [1.82, 2.24) is 0 Å². The van der Waals surface area contributed by atoms with E-state index in [1.165, 1.54) is 19.3 Å². The molecule has 0 aliphatic heterocycles. The number of carboxylic acids is 1. The predicted molar refractivity (Wildman–Crippen MR) is 73.1 cm³/mol. The number of rotatable bonds is 14. The fraction of sp³-hybridized carbons (Fsp3) is 0.929. The van der Waals surface area contributed by atoms with Crippen LogP contribution < -0.4 is 0 Å². The smallest absolute Gasteiger partial charge is 0.303 e. The SMILES string of the molecule is O=C(O)CCCCCCCCCCOC[C@@H](O)CO. The highest BCUT2D eigenvalue weighted by Gasteiger charge is 2.00. The van der Waals surface area contributed by atoms with E-state index in [4.69, 9.17) is 20.1 Å². The molecule has 5 nitrogen and oxygen atoms in total. The van der Waals surface area contributed by atoms with Gasteiger partial charge in [-0.1, -0.05) is 38.5 Å². The Hall–Kier alpha value is -0.650. The Morgan fingerprint density at radius 2 is 1.47 bits per heavy atom. The van der Waals surface area contributed by atoms with Crippen LogP contribution in [0.25, 0.3) is 0 Å². The molecule has 0 rings (SSSR count). The molecule has 0 spiro atoms. The minimum atomic E-state index is -0.759. The highest BCUT2D eigenvalue weighted by molar-refractivity contribution is 5.66. The summed E-state index contributed by atoms with van der Waals surface area (Å²) in [4.78, 5) is 10.3. The lowest BCUT2D eigenvalue weighted by molar-refractivity contribution is -0.137. The van der Waals surface area contributed by atoms with Gasteiger partial charge in [0.2, 0.25) is 0 Å². The molecular formula is C14H28O5. The van der Waals surface area contributed by atoms with Crippen LogP contribution in [0.3, 0.4) is 0 Å². The summed E-state index contributed by atoms with van der Waals surface area (Å²) in [6, 6.07) is 0. The molecule has 114 valence electrons. The van der Waals surface area contributed by atoms with E-state index < -0.39 is 12.1 Å². The first kappa shape index (κ1) is 18.4. The van der Waals surface area contributed by atoms with E-state index in [1.54, 1.807) is 0 Å². The minimum Gasteiger partial charge on any atom is -0.481 e. The molecule has 0 fully saturated rings. The summed E-state index contributed by atoms with van der Waals surface area (Å²) in [5.41, 5.74) is 0. The zero-order chi connectivity index (χ0) is 14.3. The summed E-state index contributed by atoms with van der Waals surface area (Å²) >= 11 is 0. The van der Waals surface area contributed by atoms with Crippen molar-refractivity contribution in [3.63, 3.8) is 0 Å². The largest absolute Gasteiger partial charge is 0.481 e. The summed E-state index contributed by atoms with van der Waals surface area (Å²) in [6.45, 7) is 0.595. The molecule has 0 heterocycles. The number of hydrogen-bond donors (Lipinski definition) is 3. The molecule has 19 heavy (non-hydrogen) atoms. The molecule has 0 saturated heterocycles. The number of unbranched alkanes of at least 4 members (excludes halogenated alkanes) is 7. The summed E-state index contributed by atoms with van der Waals surface area (Å²) < 4.78 is 5.20. The van der Waals surface area contributed by atoms with Crippen molar-refractivity contribution in [3.8, 4) is 0 Å². The topological polar surface area (TPSA) is 87.0 Å². The minimum absolute atomic E-state index is 0.208. The number of ether oxygens (including phenoxy) is 1.